The highest BCUT2D eigenvalue weighted by Crippen LogP contribution is 2.32. The predicted molar refractivity (Wildman–Crippen MR) is 122 cm³/mol. The van der Waals surface area contributed by atoms with Crippen LogP contribution in [-0.2, 0) is 6.42 Å². The Morgan fingerprint density at radius 3 is 2.53 bits per heavy atom. The number of carbonyl (C=O) groups excluding carboxylic acids is 2. The van der Waals surface area contributed by atoms with Crippen LogP contribution >= 0.6 is 34.5 Å². The lowest BCUT2D eigenvalue weighted by Crippen LogP contribution is -2.42. The molecule has 0 bridgehead atoms. The molecule has 2 aromatic heterocycles. The summed E-state index contributed by atoms with van der Waals surface area (Å²) in [5.74, 6) is -0.190. The van der Waals surface area contributed by atoms with Crippen LogP contribution in [0.2, 0.25) is 10.0 Å². The van der Waals surface area contributed by atoms with Crippen LogP contribution < -0.4 is 16.0 Å². The van der Waals surface area contributed by atoms with Crippen molar-refractivity contribution in [1.29, 1.82) is 0 Å². The summed E-state index contributed by atoms with van der Waals surface area (Å²) in [7, 11) is 0. The van der Waals surface area contributed by atoms with Gasteiger partial charge < -0.3 is 16.0 Å². The smallest absolute Gasteiger partial charge is 0.315 e. The molecule has 0 aliphatic carbocycles. The van der Waals surface area contributed by atoms with E-state index in [1.807, 2.05) is 32.9 Å². The minimum Gasteiger partial charge on any atom is -0.350 e. The summed E-state index contributed by atoms with van der Waals surface area (Å²) >= 11 is 13.5. The van der Waals surface area contributed by atoms with Gasteiger partial charge in [-0.15, -0.1) is 11.3 Å². The van der Waals surface area contributed by atoms with Crippen LogP contribution in [0.15, 0.2) is 24.3 Å². The Bertz CT molecular complexity index is 1080. The number of halogens is 2. The predicted octanol–water partition coefficient (Wildman–Crippen LogP) is 4.39. The number of benzene rings is 1. The summed E-state index contributed by atoms with van der Waals surface area (Å²) in [5, 5.41) is 14.8. The van der Waals surface area contributed by atoms with Gasteiger partial charge in [-0.25, -0.2) is 9.48 Å². The molecule has 3 aromatic rings. The van der Waals surface area contributed by atoms with E-state index in [4.69, 9.17) is 23.2 Å². The zero-order valence-electron chi connectivity index (χ0n) is 16.9. The molecule has 3 amide bonds. The van der Waals surface area contributed by atoms with E-state index in [1.54, 1.807) is 16.8 Å². The minimum atomic E-state index is -0.254. The van der Waals surface area contributed by atoms with Gasteiger partial charge in [0.15, 0.2) is 0 Å². The SMILES string of the molecule is CCc1nn(-c2ccc(Cl)c(Cl)c2)c2sc(C(=O)NCCNC(=O)NC(C)C)cc12. The van der Waals surface area contributed by atoms with E-state index in [1.165, 1.54) is 11.3 Å². The second-order valence-electron chi connectivity index (χ2n) is 6.95. The van der Waals surface area contributed by atoms with Crippen LogP contribution in [0.1, 0.15) is 36.1 Å². The van der Waals surface area contributed by atoms with Gasteiger partial charge in [-0.3, -0.25) is 4.79 Å². The summed E-state index contributed by atoms with van der Waals surface area (Å²) in [6.07, 6.45) is 0.734. The maximum absolute atomic E-state index is 12.6. The topological polar surface area (TPSA) is 88.1 Å². The molecular formula is C20H23Cl2N5O2S. The number of carbonyl (C=O) groups is 2. The number of hydrogen-bond donors (Lipinski definition) is 3. The Kier molecular flexibility index (Phi) is 7.23. The van der Waals surface area contributed by atoms with Gasteiger partial charge >= 0.3 is 6.03 Å². The highest BCUT2D eigenvalue weighted by atomic mass is 35.5. The lowest BCUT2D eigenvalue weighted by Gasteiger charge is -2.10. The van der Waals surface area contributed by atoms with Crippen LogP contribution in [0.3, 0.4) is 0 Å². The third kappa shape index (κ3) is 5.06. The van der Waals surface area contributed by atoms with Crippen molar-refractivity contribution in [2.45, 2.75) is 33.2 Å². The lowest BCUT2D eigenvalue weighted by molar-refractivity contribution is 0.0958. The molecule has 3 N–H and O–H groups in total. The maximum Gasteiger partial charge on any atom is 0.315 e. The van der Waals surface area contributed by atoms with Crippen molar-refractivity contribution >= 4 is 56.7 Å². The van der Waals surface area contributed by atoms with Crippen molar-refractivity contribution in [1.82, 2.24) is 25.7 Å². The Morgan fingerprint density at radius 1 is 1.13 bits per heavy atom. The fraction of sp³-hybridized carbons (Fsp3) is 0.350. The second-order valence-corrected chi connectivity index (χ2v) is 8.80. The number of thiophene rings is 1. The van der Waals surface area contributed by atoms with E-state index in [9.17, 15) is 9.59 Å². The van der Waals surface area contributed by atoms with E-state index in [-0.39, 0.29) is 18.0 Å². The van der Waals surface area contributed by atoms with Crippen molar-refractivity contribution in [3.8, 4) is 5.69 Å². The quantitative estimate of drug-likeness (QED) is 0.450. The van der Waals surface area contributed by atoms with Crippen molar-refractivity contribution in [2.24, 2.45) is 0 Å². The van der Waals surface area contributed by atoms with Gasteiger partial charge in [-0.05, 0) is 44.5 Å². The average molecular weight is 468 g/mol. The van der Waals surface area contributed by atoms with Gasteiger partial charge in [0.05, 0.1) is 26.3 Å². The van der Waals surface area contributed by atoms with Crippen LogP contribution in [0, 0.1) is 0 Å². The van der Waals surface area contributed by atoms with E-state index >= 15 is 0 Å². The van der Waals surface area contributed by atoms with Crippen LogP contribution in [-0.4, -0.2) is 40.9 Å². The van der Waals surface area contributed by atoms with Crippen LogP contribution in [0.25, 0.3) is 15.9 Å². The maximum atomic E-state index is 12.6. The molecule has 1 aromatic carbocycles. The zero-order valence-corrected chi connectivity index (χ0v) is 19.2. The second kappa shape index (κ2) is 9.68. The fourth-order valence-electron chi connectivity index (χ4n) is 2.88. The standard InChI is InChI=1S/C20H23Cl2N5O2S/c1-4-16-13-10-17(18(28)23-7-8-24-20(29)25-11(2)3)30-19(13)27(26-16)12-5-6-14(21)15(22)9-12/h5-6,9-11H,4,7-8H2,1-3H3,(H,23,28)(H2,24,25,29). The van der Waals surface area contributed by atoms with E-state index in [2.05, 4.69) is 21.0 Å². The Balaban J connectivity index is 1.74. The van der Waals surface area contributed by atoms with E-state index in [0.29, 0.717) is 28.0 Å². The Morgan fingerprint density at radius 2 is 1.87 bits per heavy atom. The number of nitrogens with one attached hydrogen (secondary N) is 3. The first-order valence-electron chi connectivity index (χ1n) is 9.59. The molecule has 7 nitrogen and oxygen atoms in total. The number of aryl methyl sites for hydroxylation is 1. The van der Waals surface area contributed by atoms with Crippen LogP contribution in [0.4, 0.5) is 4.79 Å². The molecule has 30 heavy (non-hydrogen) atoms. The molecular weight excluding hydrogens is 445 g/mol. The number of nitrogens with zero attached hydrogens (tertiary/aromatic N) is 2. The molecule has 0 fully saturated rings. The Hall–Kier alpha value is -2.29. The molecule has 0 aliphatic heterocycles. The first-order valence-corrected chi connectivity index (χ1v) is 11.2. The van der Waals surface area contributed by atoms with Gasteiger partial charge in [0.1, 0.15) is 4.83 Å². The molecule has 0 spiro atoms. The molecule has 160 valence electrons. The minimum absolute atomic E-state index is 0.0565. The third-order valence-electron chi connectivity index (χ3n) is 4.26. The molecule has 0 atom stereocenters. The van der Waals surface area contributed by atoms with Gasteiger partial charge in [0, 0.05) is 24.5 Å². The number of urea groups is 1. The first-order chi connectivity index (χ1) is 14.3. The summed E-state index contributed by atoms with van der Waals surface area (Å²) in [6.45, 7) is 6.45. The summed E-state index contributed by atoms with van der Waals surface area (Å²) in [5.41, 5.74) is 1.68. The summed E-state index contributed by atoms with van der Waals surface area (Å²) < 4.78 is 1.79. The van der Waals surface area contributed by atoms with Crippen molar-refractivity contribution in [2.75, 3.05) is 13.1 Å². The summed E-state index contributed by atoms with van der Waals surface area (Å²) in [4.78, 5) is 25.6. The Labute approximate surface area is 188 Å². The number of hydrogen-bond acceptors (Lipinski definition) is 4. The molecule has 0 aliphatic rings. The lowest BCUT2D eigenvalue weighted by atomic mass is 10.2. The number of rotatable bonds is 7. The molecule has 10 heteroatoms. The molecule has 3 rings (SSSR count). The normalized spacial score (nSPS) is 11.1. The zero-order chi connectivity index (χ0) is 21.8. The number of fused-ring (bicyclic) bond motifs is 1. The molecule has 0 saturated carbocycles. The van der Waals surface area contributed by atoms with Gasteiger partial charge in [0.25, 0.3) is 5.91 Å². The molecule has 2 heterocycles. The molecule has 0 unspecified atom stereocenters. The monoisotopic (exact) mass is 467 g/mol. The first kappa shape index (κ1) is 22.4. The number of aromatic nitrogens is 2. The van der Waals surface area contributed by atoms with E-state index < -0.39 is 0 Å². The van der Waals surface area contributed by atoms with E-state index in [0.717, 1.165) is 28.0 Å². The summed E-state index contributed by atoms with van der Waals surface area (Å²) in [6, 6.07) is 6.98. The van der Waals surface area contributed by atoms with Crippen molar-refractivity contribution in [3.63, 3.8) is 0 Å². The largest absolute Gasteiger partial charge is 0.350 e. The molecule has 0 saturated heterocycles. The third-order valence-corrected chi connectivity index (χ3v) is 6.11. The molecule has 0 radical (unpaired) electrons. The van der Waals surface area contributed by atoms with Gasteiger partial charge in [-0.1, -0.05) is 30.1 Å². The van der Waals surface area contributed by atoms with Gasteiger partial charge in [0.2, 0.25) is 0 Å². The van der Waals surface area contributed by atoms with Crippen molar-refractivity contribution in [3.05, 3.63) is 44.9 Å². The van der Waals surface area contributed by atoms with Crippen LogP contribution in [0.5, 0.6) is 0 Å². The van der Waals surface area contributed by atoms with Gasteiger partial charge in [-0.2, -0.15) is 5.10 Å². The highest BCUT2D eigenvalue weighted by molar-refractivity contribution is 7.20. The highest BCUT2D eigenvalue weighted by Gasteiger charge is 2.18. The number of amides is 3. The fourth-order valence-corrected chi connectivity index (χ4v) is 4.24. The van der Waals surface area contributed by atoms with Crippen molar-refractivity contribution < 1.29 is 9.59 Å². The average Bonchev–Trinajstić information content (AvgIpc) is 3.26.